The number of ether oxygens (including phenoxy) is 2. The Labute approximate surface area is 124 Å². The van der Waals surface area contributed by atoms with Crippen LogP contribution in [0.1, 0.15) is 0 Å². The number of hydrogen-bond donors (Lipinski definition) is 8. The highest BCUT2D eigenvalue weighted by atomic mass is 16.9. The van der Waals surface area contributed by atoms with Gasteiger partial charge in [-0.2, -0.15) is 0 Å². The molecule has 0 radical (unpaired) electrons. The second kappa shape index (κ2) is 3.88. The number of hydrogen-bond acceptors (Lipinski definition) is 11. The Balaban J connectivity index is 1.99. The molecule has 1 aliphatic carbocycles. The Morgan fingerprint density at radius 2 is 1.86 bits per heavy atom. The third-order valence-electron chi connectivity index (χ3n) is 5.35. The number of nitrogens with zero attached hydrogens (tertiary/aromatic N) is 1. The lowest BCUT2D eigenvalue weighted by atomic mass is 9.53. The van der Waals surface area contributed by atoms with Gasteiger partial charge >= 0.3 is 5.97 Å². The molecule has 11 nitrogen and oxygen atoms in total. The molecule has 9 atom stereocenters. The van der Waals surface area contributed by atoms with E-state index in [9.17, 15) is 25.5 Å². The largest absolute Gasteiger partial charge is 0.393 e. The van der Waals surface area contributed by atoms with E-state index in [0.29, 0.717) is 0 Å². The molecule has 4 fully saturated rings. The lowest BCUT2D eigenvalue weighted by Gasteiger charge is -2.72. The zero-order valence-electron chi connectivity index (χ0n) is 11.3. The molecule has 3 saturated heterocycles. The van der Waals surface area contributed by atoms with E-state index in [4.69, 9.17) is 20.9 Å². The zero-order valence-corrected chi connectivity index (χ0v) is 11.3. The van der Waals surface area contributed by atoms with E-state index in [-0.39, 0.29) is 5.96 Å². The van der Waals surface area contributed by atoms with Crippen molar-refractivity contribution in [3.05, 3.63) is 0 Å². The molecule has 5 aliphatic rings. The minimum absolute atomic E-state index is 0.172. The van der Waals surface area contributed by atoms with Gasteiger partial charge in [-0.3, -0.25) is 0 Å². The highest BCUT2D eigenvalue weighted by Crippen LogP contribution is 2.59. The second-order valence-electron chi connectivity index (χ2n) is 6.23. The van der Waals surface area contributed by atoms with Gasteiger partial charge < -0.3 is 51.8 Å². The summed E-state index contributed by atoms with van der Waals surface area (Å²) < 4.78 is 10.4. The molecule has 9 unspecified atom stereocenters. The molecule has 0 amide bonds. The maximum atomic E-state index is 10.9. The lowest BCUT2D eigenvalue weighted by molar-refractivity contribution is -0.558. The summed E-state index contributed by atoms with van der Waals surface area (Å²) in [5, 5.41) is 54.7. The molecule has 4 bridgehead atoms. The van der Waals surface area contributed by atoms with E-state index in [0.717, 1.165) is 0 Å². The lowest BCUT2D eigenvalue weighted by Crippen LogP contribution is -2.98. The van der Waals surface area contributed by atoms with Crippen LogP contribution in [0.4, 0.5) is 0 Å². The van der Waals surface area contributed by atoms with Gasteiger partial charge in [0.05, 0.1) is 12.5 Å². The van der Waals surface area contributed by atoms with Gasteiger partial charge in [0.15, 0.2) is 11.6 Å². The van der Waals surface area contributed by atoms with E-state index in [1.54, 1.807) is 0 Å². The van der Waals surface area contributed by atoms with Crippen LogP contribution >= 0.6 is 0 Å². The predicted octanol–water partition coefficient (Wildman–Crippen LogP) is -5.55. The van der Waals surface area contributed by atoms with E-state index in [1.807, 2.05) is 0 Å². The van der Waals surface area contributed by atoms with Gasteiger partial charge in [0, 0.05) is 0 Å². The summed E-state index contributed by atoms with van der Waals surface area (Å²) in [4.78, 5) is 3.92. The van der Waals surface area contributed by atoms with Crippen LogP contribution < -0.4 is 16.8 Å². The van der Waals surface area contributed by atoms with Crippen LogP contribution in [-0.2, 0) is 9.47 Å². The van der Waals surface area contributed by atoms with Crippen molar-refractivity contribution in [3.8, 4) is 0 Å². The Bertz CT molecular complexity index is 563. The van der Waals surface area contributed by atoms with Crippen LogP contribution in [0, 0.1) is 5.92 Å². The number of aliphatic imine (C=N–C) groups is 1. The standard InChI is InChI=1S/C11H18N4O7/c12-7-2-4-3(17)5-6(18)10(2,15-8(13)14-7)9(19,1-16)11(20,21-4)22-5/h2-7,16-20H,1,12H2,(H3,13,14,15). The van der Waals surface area contributed by atoms with Crippen molar-refractivity contribution in [2.24, 2.45) is 22.4 Å². The topological polar surface area (TPSA) is 196 Å². The molecule has 11 heteroatoms. The summed E-state index contributed by atoms with van der Waals surface area (Å²) in [6.07, 6.45) is -6.17. The highest BCUT2D eigenvalue weighted by molar-refractivity contribution is 5.80. The van der Waals surface area contributed by atoms with Gasteiger partial charge in [-0.15, -0.1) is 0 Å². The van der Waals surface area contributed by atoms with Crippen molar-refractivity contribution in [2.75, 3.05) is 6.61 Å². The fraction of sp³-hybridized carbons (Fsp3) is 0.909. The Morgan fingerprint density at radius 1 is 1.23 bits per heavy atom. The predicted molar refractivity (Wildman–Crippen MR) is 67.7 cm³/mol. The first kappa shape index (κ1) is 14.5. The monoisotopic (exact) mass is 318 g/mol. The minimum Gasteiger partial charge on any atom is -0.393 e. The smallest absolute Gasteiger partial charge is 0.316 e. The van der Waals surface area contributed by atoms with Crippen LogP contribution in [0.15, 0.2) is 4.99 Å². The fourth-order valence-electron chi connectivity index (χ4n) is 4.39. The van der Waals surface area contributed by atoms with Crippen molar-refractivity contribution >= 4 is 5.96 Å². The molecular weight excluding hydrogens is 300 g/mol. The molecule has 1 saturated carbocycles. The SMILES string of the molecule is NC1=NC(N)C2C3OC4(O)OC(C3O)C(O)C2(N1)C4(O)CO. The number of guanidine groups is 1. The fourth-order valence-corrected chi connectivity index (χ4v) is 4.39. The van der Waals surface area contributed by atoms with Crippen LogP contribution in [0.3, 0.4) is 0 Å². The first-order chi connectivity index (χ1) is 10.2. The molecule has 0 aromatic rings. The number of aliphatic hydroxyl groups excluding tert-OH is 3. The molecular formula is C11H18N4O7. The Morgan fingerprint density at radius 3 is 2.50 bits per heavy atom. The van der Waals surface area contributed by atoms with Gasteiger partial charge in [-0.05, 0) is 0 Å². The second-order valence-corrected chi connectivity index (χ2v) is 6.23. The van der Waals surface area contributed by atoms with Gasteiger partial charge in [-0.1, -0.05) is 0 Å². The Hall–Kier alpha value is -1.05. The average molecular weight is 318 g/mol. The van der Waals surface area contributed by atoms with E-state index in [1.165, 1.54) is 0 Å². The van der Waals surface area contributed by atoms with Crippen LogP contribution in [0.25, 0.3) is 0 Å². The quantitative estimate of drug-likeness (QED) is 0.231. The van der Waals surface area contributed by atoms with Crippen LogP contribution in [-0.4, -0.2) is 85.8 Å². The van der Waals surface area contributed by atoms with Crippen LogP contribution in [0.2, 0.25) is 0 Å². The van der Waals surface area contributed by atoms with Gasteiger partial charge in [0.1, 0.15) is 36.1 Å². The average Bonchev–Trinajstić information content (AvgIpc) is 2.44. The normalized spacial score (nSPS) is 62.4. The third kappa shape index (κ3) is 1.21. The molecule has 22 heavy (non-hydrogen) atoms. The Kier molecular flexibility index (Phi) is 2.57. The number of nitrogens with one attached hydrogen (secondary N) is 1. The number of nitrogens with two attached hydrogens (primary N) is 2. The minimum atomic E-state index is -2.63. The first-order valence-corrected chi connectivity index (χ1v) is 6.86. The van der Waals surface area contributed by atoms with Gasteiger partial charge in [0.25, 0.3) is 0 Å². The van der Waals surface area contributed by atoms with Gasteiger partial charge in [0.2, 0.25) is 0 Å². The maximum absolute atomic E-state index is 10.9. The van der Waals surface area contributed by atoms with Crippen molar-refractivity contribution in [3.63, 3.8) is 0 Å². The summed E-state index contributed by atoms with van der Waals surface area (Å²) in [6.45, 7) is -1.01. The third-order valence-corrected chi connectivity index (χ3v) is 5.35. The summed E-state index contributed by atoms with van der Waals surface area (Å²) in [6, 6.07) is 0. The summed E-state index contributed by atoms with van der Waals surface area (Å²) in [5.74, 6) is -3.76. The van der Waals surface area contributed by atoms with Crippen molar-refractivity contribution in [2.45, 2.75) is 47.7 Å². The summed E-state index contributed by atoms with van der Waals surface area (Å²) in [7, 11) is 0. The molecule has 4 aliphatic heterocycles. The summed E-state index contributed by atoms with van der Waals surface area (Å²) in [5.41, 5.74) is 7.35. The molecule has 4 heterocycles. The van der Waals surface area contributed by atoms with Crippen molar-refractivity contribution in [1.29, 1.82) is 0 Å². The van der Waals surface area contributed by atoms with Crippen molar-refractivity contribution < 1.29 is 35.0 Å². The maximum Gasteiger partial charge on any atom is 0.316 e. The highest BCUT2D eigenvalue weighted by Gasteiger charge is 2.85. The van der Waals surface area contributed by atoms with Gasteiger partial charge in [-0.25, -0.2) is 4.99 Å². The van der Waals surface area contributed by atoms with Crippen LogP contribution in [0.5, 0.6) is 0 Å². The number of aliphatic hydroxyl groups is 5. The number of rotatable bonds is 1. The molecule has 124 valence electrons. The molecule has 5 rings (SSSR count). The molecule has 0 aromatic carbocycles. The van der Waals surface area contributed by atoms with E-state index < -0.39 is 60.2 Å². The van der Waals surface area contributed by atoms with Crippen molar-refractivity contribution in [1.82, 2.24) is 5.32 Å². The molecule has 1 spiro atoms. The molecule has 10 N–H and O–H groups in total. The zero-order chi connectivity index (χ0) is 16.1. The van der Waals surface area contributed by atoms with E-state index in [2.05, 4.69) is 10.3 Å². The summed E-state index contributed by atoms with van der Waals surface area (Å²) >= 11 is 0. The first-order valence-electron chi connectivity index (χ1n) is 6.86. The van der Waals surface area contributed by atoms with E-state index >= 15 is 0 Å². The molecule has 0 aromatic heterocycles.